The molecule has 0 aliphatic carbocycles. The molecule has 1 aromatic carbocycles. The monoisotopic (exact) mass is 385 g/mol. The topological polar surface area (TPSA) is 106 Å². The second kappa shape index (κ2) is 7.23. The number of hydrogen-bond acceptors (Lipinski definition) is 6. The van der Waals surface area contributed by atoms with Gasteiger partial charge in [-0.2, -0.15) is 5.10 Å². The van der Waals surface area contributed by atoms with Crippen LogP contribution in [0.15, 0.2) is 18.2 Å². The van der Waals surface area contributed by atoms with E-state index in [0.717, 1.165) is 24.0 Å². The van der Waals surface area contributed by atoms with Crippen LogP contribution < -0.4 is 15.4 Å². The fraction of sp³-hybridized carbons (Fsp3) is 0.474. The number of ether oxygens (including phenoxy) is 1. The van der Waals surface area contributed by atoms with Crippen molar-refractivity contribution in [2.24, 2.45) is 7.05 Å². The number of hydrogen-bond donors (Lipinski definition) is 2. The van der Waals surface area contributed by atoms with E-state index in [0.29, 0.717) is 24.3 Å². The van der Waals surface area contributed by atoms with Gasteiger partial charge in [-0.05, 0) is 25.6 Å². The third-order valence-electron chi connectivity index (χ3n) is 5.22. The predicted octanol–water partition coefficient (Wildman–Crippen LogP) is -0.0975. The highest BCUT2D eigenvalue weighted by Crippen LogP contribution is 2.31. The first-order valence-corrected chi connectivity index (χ1v) is 9.32. The number of carbonyl (C=O) groups is 3. The van der Waals surface area contributed by atoms with Crippen LogP contribution in [0.1, 0.15) is 24.5 Å². The minimum atomic E-state index is -0.445. The van der Waals surface area contributed by atoms with Crippen LogP contribution in [0.5, 0.6) is 5.75 Å². The van der Waals surface area contributed by atoms with E-state index >= 15 is 0 Å². The molecular weight excluding hydrogens is 362 g/mol. The molecule has 1 atom stereocenters. The number of nitrogens with one attached hydrogen (secondary N) is 2. The fourth-order valence-corrected chi connectivity index (χ4v) is 3.78. The van der Waals surface area contributed by atoms with Crippen LogP contribution in [0.25, 0.3) is 10.9 Å². The Hall–Kier alpha value is -2.94. The van der Waals surface area contributed by atoms with Gasteiger partial charge in [0.15, 0.2) is 6.61 Å². The van der Waals surface area contributed by atoms with Crippen LogP contribution in [-0.4, -0.2) is 65.2 Å². The smallest absolute Gasteiger partial charge is 0.258 e. The van der Waals surface area contributed by atoms with Crippen molar-refractivity contribution in [1.29, 1.82) is 0 Å². The van der Waals surface area contributed by atoms with Crippen LogP contribution >= 0.6 is 0 Å². The van der Waals surface area contributed by atoms with Crippen molar-refractivity contribution in [3.8, 4) is 5.75 Å². The van der Waals surface area contributed by atoms with Gasteiger partial charge >= 0.3 is 0 Å². The summed E-state index contributed by atoms with van der Waals surface area (Å²) in [5.74, 6) is -0.586. The van der Waals surface area contributed by atoms with Crippen molar-refractivity contribution in [2.75, 3.05) is 26.7 Å². The molecule has 0 bridgehead atoms. The van der Waals surface area contributed by atoms with E-state index < -0.39 is 5.92 Å². The zero-order chi connectivity index (χ0) is 19.8. The van der Waals surface area contributed by atoms with Crippen molar-refractivity contribution < 1.29 is 19.1 Å². The Balaban J connectivity index is 1.46. The average molecular weight is 385 g/mol. The van der Waals surface area contributed by atoms with Crippen molar-refractivity contribution in [1.82, 2.24) is 25.3 Å². The summed E-state index contributed by atoms with van der Waals surface area (Å²) < 4.78 is 7.31. The zero-order valence-corrected chi connectivity index (χ0v) is 15.9. The van der Waals surface area contributed by atoms with Crippen LogP contribution in [-0.2, 0) is 21.4 Å². The molecule has 1 unspecified atom stereocenters. The lowest BCUT2D eigenvalue weighted by Crippen LogP contribution is -2.58. The highest BCUT2D eigenvalue weighted by molar-refractivity contribution is 6.02. The number of benzene rings is 1. The minimum Gasteiger partial charge on any atom is -0.484 e. The van der Waals surface area contributed by atoms with Gasteiger partial charge in [0.1, 0.15) is 5.75 Å². The van der Waals surface area contributed by atoms with E-state index in [1.807, 2.05) is 19.2 Å². The molecule has 1 aromatic heterocycles. The minimum absolute atomic E-state index is 0.0520. The van der Waals surface area contributed by atoms with Gasteiger partial charge in [0.25, 0.3) is 5.91 Å². The number of nitrogens with zero attached hydrogens (tertiary/aromatic N) is 3. The predicted molar refractivity (Wildman–Crippen MR) is 101 cm³/mol. The Morgan fingerprint density at radius 1 is 1.32 bits per heavy atom. The molecule has 2 N–H and O–H groups in total. The molecule has 2 fully saturated rings. The van der Waals surface area contributed by atoms with Crippen molar-refractivity contribution in [3.63, 3.8) is 0 Å². The molecule has 2 aliphatic rings. The summed E-state index contributed by atoms with van der Waals surface area (Å²) in [4.78, 5) is 37.7. The molecule has 28 heavy (non-hydrogen) atoms. The molecule has 148 valence electrons. The maximum atomic E-state index is 12.2. The Kier molecular flexibility index (Phi) is 4.76. The largest absolute Gasteiger partial charge is 0.484 e. The molecule has 0 spiro atoms. The SMILES string of the molecule is CN1CC(NC(=O)COc2ccc3c(C4CCC(=O)NC4=O)nn(C)c3c2)C1. The highest BCUT2D eigenvalue weighted by Gasteiger charge is 2.31. The molecule has 2 saturated heterocycles. The highest BCUT2D eigenvalue weighted by atomic mass is 16.5. The van der Waals surface area contributed by atoms with E-state index in [1.54, 1.807) is 17.8 Å². The number of aromatic nitrogens is 2. The number of rotatable bonds is 5. The zero-order valence-electron chi connectivity index (χ0n) is 15.9. The molecule has 0 saturated carbocycles. The molecular formula is C19H23N5O4. The van der Waals surface area contributed by atoms with E-state index in [1.165, 1.54) is 0 Å². The fourth-order valence-electron chi connectivity index (χ4n) is 3.78. The van der Waals surface area contributed by atoms with Crippen molar-refractivity contribution in [2.45, 2.75) is 24.8 Å². The maximum absolute atomic E-state index is 12.2. The van der Waals surface area contributed by atoms with Crippen molar-refractivity contribution >= 4 is 28.6 Å². The lowest BCUT2D eigenvalue weighted by Gasteiger charge is -2.36. The Morgan fingerprint density at radius 3 is 2.82 bits per heavy atom. The van der Waals surface area contributed by atoms with Gasteiger partial charge < -0.3 is 15.0 Å². The number of fused-ring (bicyclic) bond motifs is 1. The van der Waals surface area contributed by atoms with Crippen LogP contribution in [0.2, 0.25) is 0 Å². The lowest BCUT2D eigenvalue weighted by molar-refractivity contribution is -0.134. The van der Waals surface area contributed by atoms with E-state index in [4.69, 9.17) is 4.74 Å². The quantitative estimate of drug-likeness (QED) is 0.697. The third-order valence-corrected chi connectivity index (χ3v) is 5.22. The van der Waals surface area contributed by atoms with E-state index in [-0.39, 0.29) is 30.4 Å². The number of aryl methyl sites for hydroxylation is 1. The number of carbonyl (C=O) groups excluding carboxylic acids is 3. The average Bonchev–Trinajstić information content (AvgIpc) is 2.95. The third kappa shape index (κ3) is 3.57. The van der Waals surface area contributed by atoms with Gasteiger partial charge in [-0.15, -0.1) is 0 Å². The molecule has 2 aromatic rings. The first kappa shape index (κ1) is 18.4. The van der Waals surface area contributed by atoms with Gasteiger partial charge in [0.05, 0.1) is 23.2 Å². The van der Waals surface area contributed by atoms with Crippen molar-refractivity contribution in [3.05, 3.63) is 23.9 Å². The summed E-state index contributed by atoms with van der Waals surface area (Å²) >= 11 is 0. The summed E-state index contributed by atoms with van der Waals surface area (Å²) in [7, 11) is 3.80. The lowest BCUT2D eigenvalue weighted by atomic mass is 9.93. The first-order chi connectivity index (χ1) is 13.4. The second-order valence-corrected chi connectivity index (χ2v) is 7.47. The molecule has 3 heterocycles. The van der Waals surface area contributed by atoms with Crippen LogP contribution in [0.4, 0.5) is 0 Å². The summed E-state index contributed by atoms with van der Waals surface area (Å²) in [5, 5.41) is 10.6. The number of piperidine rings is 1. The molecule has 2 aliphatic heterocycles. The van der Waals surface area contributed by atoms with Crippen LogP contribution in [0, 0.1) is 0 Å². The van der Waals surface area contributed by atoms with E-state index in [2.05, 4.69) is 20.6 Å². The Bertz CT molecular complexity index is 947. The summed E-state index contributed by atoms with van der Waals surface area (Å²) in [6, 6.07) is 5.61. The number of amides is 3. The number of likely N-dealkylation sites (tertiary alicyclic amines) is 1. The normalized spacial score (nSPS) is 20.7. The maximum Gasteiger partial charge on any atom is 0.258 e. The molecule has 4 rings (SSSR count). The van der Waals surface area contributed by atoms with Gasteiger partial charge in [0.2, 0.25) is 11.8 Å². The summed E-state index contributed by atoms with van der Waals surface area (Å²) in [6.07, 6.45) is 0.757. The van der Waals surface area contributed by atoms with Gasteiger partial charge in [-0.3, -0.25) is 24.4 Å². The molecule has 9 nitrogen and oxygen atoms in total. The number of imide groups is 1. The van der Waals surface area contributed by atoms with Gasteiger partial charge in [-0.1, -0.05) is 0 Å². The number of likely N-dealkylation sites (N-methyl/N-ethyl adjacent to an activating group) is 1. The standard InChI is InChI=1S/C19H23N5O4/c1-23-8-11(9-23)20-17(26)10-28-12-3-4-13-15(7-12)24(2)22-18(13)14-5-6-16(25)21-19(14)27/h3-4,7,11,14H,5-6,8-10H2,1-2H3,(H,20,26)(H,21,25,27). The molecule has 9 heteroatoms. The molecule has 3 amide bonds. The second-order valence-electron chi connectivity index (χ2n) is 7.47. The summed E-state index contributed by atoms with van der Waals surface area (Å²) in [5.41, 5.74) is 1.46. The first-order valence-electron chi connectivity index (χ1n) is 9.32. The van der Waals surface area contributed by atoms with E-state index in [9.17, 15) is 14.4 Å². The summed E-state index contributed by atoms with van der Waals surface area (Å²) in [6.45, 7) is 1.66. The Labute approximate surface area is 162 Å². The van der Waals surface area contributed by atoms with Gasteiger partial charge in [-0.25, -0.2) is 0 Å². The van der Waals surface area contributed by atoms with Crippen LogP contribution in [0.3, 0.4) is 0 Å². The molecule has 0 radical (unpaired) electrons. The Morgan fingerprint density at radius 2 is 2.11 bits per heavy atom. The van der Waals surface area contributed by atoms with Gasteiger partial charge in [0, 0.05) is 38.0 Å².